The van der Waals surface area contributed by atoms with E-state index in [4.69, 9.17) is 0 Å². The Hall–Kier alpha value is -1.62. The number of benzene rings is 1. The predicted molar refractivity (Wildman–Crippen MR) is 82.1 cm³/mol. The van der Waals surface area contributed by atoms with E-state index in [1.807, 2.05) is 12.1 Å². The number of urea groups is 1. The van der Waals surface area contributed by atoms with Crippen LogP contribution < -0.4 is 10.6 Å². The van der Waals surface area contributed by atoms with Crippen LogP contribution in [0.15, 0.2) is 24.3 Å². The second kappa shape index (κ2) is 6.24. The van der Waals surface area contributed by atoms with Crippen molar-refractivity contribution in [2.24, 2.45) is 5.92 Å². The van der Waals surface area contributed by atoms with Gasteiger partial charge in [-0.05, 0) is 49.7 Å². The molecule has 0 aromatic heterocycles. The summed E-state index contributed by atoms with van der Waals surface area (Å²) in [5.41, 5.74) is 0.473. The fourth-order valence-electron chi connectivity index (χ4n) is 3.37. The number of aliphatic hydroxyl groups excluding tert-OH is 1. The summed E-state index contributed by atoms with van der Waals surface area (Å²) in [7, 11) is 0. The molecule has 0 unspecified atom stereocenters. The van der Waals surface area contributed by atoms with E-state index in [2.05, 4.69) is 10.6 Å². The fourth-order valence-corrected chi connectivity index (χ4v) is 3.37. The molecule has 0 heterocycles. The summed E-state index contributed by atoms with van der Waals surface area (Å²) in [5, 5.41) is 15.2. The van der Waals surface area contributed by atoms with E-state index in [0.717, 1.165) is 32.1 Å². The lowest BCUT2D eigenvalue weighted by molar-refractivity contribution is 0.177. The van der Waals surface area contributed by atoms with Crippen molar-refractivity contribution in [3.8, 4) is 0 Å². The van der Waals surface area contributed by atoms with Gasteiger partial charge in [0.15, 0.2) is 0 Å². The second-order valence-corrected chi connectivity index (χ2v) is 6.66. The number of amides is 2. The van der Waals surface area contributed by atoms with E-state index in [-0.39, 0.29) is 23.4 Å². The van der Waals surface area contributed by atoms with Gasteiger partial charge in [-0.2, -0.15) is 0 Å². The largest absolute Gasteiger partial charge is 0.393 e. The number of carbonyl (C=O) groups is 1. The van der Waals surface area contributed by atoms with E-state index in [0.29, 0.717) is 24.6 Å². The molecule has 1 aromatic carbocycles. The normalized spacial score (nSPS) is 25.7. The molecular formula is C17H23FN2O2. The van der Waals surface area contributed by atoms with E-state index in [9.17, 15) is 14.3 Å². The van der Waals surface area contributed by atoms with Crippen LogP contribution >= 0.6 is 0 Å². The highest BCUT2D eigenvalue weighted by atomic mass is 19.1. The SMILES string of the molecule is O=C(NC[C@H]1CC[C@@H](O)C1)NCC1(c2ccccc2F)CC1. The Labute approximate surface area is 130 Å². The van der Waals surface area contributed by atoms with Crippen molar-refractivity contribution in [3.05, 3.63) is 35.6 Å². The lowest BCUT2D eigenvalue weighted by atomic mass is 9.95. The highest BCUT2D eigenvalue weighted by Gasteiger charge is 2.46. The Morgan fingerprint density at radius 1 is 1.27 bits per heavy atom. The van der Waals surface area contributed by atoms with Gasteiger partial charge in [-0.1, -0.05) is 18.2 Å². The van der Waals surface area contributed by atoms with Gasteiger partial charge in [0, 0.05) is 18.5 Å². The monoisotopic (exact) mass is 306 g/mol. The number of nitrogens with one attached hydrogen (secondary N) is 2. The molecule has 3 rings (SSSR count). The zero-order valence-electron chi connectivity index (χ0n) is 12.6. The van der Waals surface area contributed by atoms with Crippen LogP contribution in [0.25, 0.3) is 0 Å². The fraction of sp³-hybridized carbons (Fsp3) is 0.588. The van der Waals surface area contributed by atoms with Crippen LogP contribution in [-0.2, 0) is 5.41 Å². The summed E-state index contributed by atoms with van der Waals surface area (Å²) in [4.78, 5) is 11.9. The quantitative estimate of drug-likeness (QED) is 0.782. The average Bonchev–Trinajstić information content (AvgIpc) is 3.18. The van der Waals surface area contributed by atoms with Crippen LogP contribution in [-0.4, -0.2) is 30.3 Å². The van der Waals surface area contributed by atoms with Gasteiger partial charge in [0.1, 0.15) is 5.82 Å². The van der Waals surface area contributed by atoms with Gasteiger partial charge in [-0.25, -0.2) is 9.18 Å². The number of rotatable bonds is 5. The van der Waals surface area contributed by atoms with Gasteiger partial charge in [-0.3, -0.25) is 0 Å². The van der Waals surface area contributed by atoms with E-state index in [1.54, 1.807) is 6.07 Å². The molecule has 2 atom stereocenters. The zero-order chi connectivity index (χ0) is 15.6. The molecule has 120 valence electrons. The highest BCUT2D eigenvalue weighted by Crippen LogP contribution is 2.48. The van der Waals surface area contributed by atoms with Crippen molar-refractivity contribution < 1.29 is 14.3 Å². The molecule has 2 fully saturated rings. The standard InChI is InChI=1S/C17H23FN2O2/c18-15-4-2-1-3-14(15)17(7-8-17)11-20-16(22)19-10-12-5-6-13(21)9-12/h1-4,12-13,21H,5-11H2,(H2,19,20,22)/t12-,13+/m0/s1. The second-order valence-electron chi connectivity index (χ2n) is 6.66. The molecule has 5 heteroatoms. The highest BCUT2D eigenvalue weighted by molar-refractivity contribution is 5.74. The molecule has 2 amide bonds. The summed E-state index contributed by atoms with van der Waals surface area (Å²) in [6.45, 7) is 1.06. The molecule has 1 aromatic rings. The Balaban J connectivity index is 1.46. The number of aliphatic hydroxyl groups is 1. The summed E-state index contributed by atoms with van der Waals surface area (Å²) in [6, 6.07) is 6.60. The number of halogens is 1. The molecule has 4 nitrogen and oxygen atoms in total. The van der Waals surface area contributed by atoms with Gasteiger partial charge in [0.05, 0.1) is 6.10 Å². The first-order chi connectivity index (χ1) is 10.6. The van der Waals surface area contributed by atoms with Gasteiger partial charge in [0.25, 0.3) is 0 Å². The Morgan fingerprint density at radius 2 is 2.05 bits per heavy atom. The first-order valence-corrected chi connectivity index (χ1v) is 8.04. The molecule has 2 aliphatic rings. The van der Waals surface area contributed by atoms with Crippen LogP contribution in [0.1, 0.15) is 37.7 Å². The Morgan fingerprint density at radius 3 is 2.68 bits per heavy atom. The smallest absolute Gasteiger partial charge is 0.314 e. The number of hydrogen-bond donors (Lipinski definition) is 3. The molecule has 3 N–H and O–H groups in total. The summed E-state index contributed by atoms with van der Waals surface area (Å²) >= 11 is 0. The molecule has 0 spiro atoms. The Bertz CT molecular complexity index is 545. The minimum absolute atomic E-state index is 0.192. The third kappa shape index (κ3) is 3.40. The maximum absolute atomic E-state index is 13.9. The van der Waals surface area contributed by atoms with Crippen molar-refractivity contribution in [3.63, 3.8) is 0 Å². The first-order valence-electron chi connectivity index (χ1n) is 8.04. The molecule has 0 bridgehead atoms. The zero-order valence-corrected chi connectivity index (χ0v) is 12.6. The average molecular weight is 306 g/mol. The Kier molecular flexibility index (Phi) is 4.34. The van der Waals surface area contributed by atoms with Crippen molar-refractivity contribution in [2.45, 2.75) is 43.6 Å². The lowest BCUT2D eigenvalue weighted by Crippen LogP contribution is -2.41. The molecule has 0 aliphatic heterocycles. The minimum atomic E-state index is -0.230. The summed E-state index contributed by atoms with van der Waals surface area (Å²) in [6.07, 6.45) is 4.14. The van der Waals surface area contributed by atoms with Gasteiger partial charge in [-0.15, -0.1) is 0 Å². The summed E-state index contributed by atoms with van der Waals surface area (Å²) < 4.78 is 13.9. The van der Waals surface area contributed by atoms with Crippen LogP contribution in [0.2, 0.25) is 0 Å². The van der Waals surface area contributed by atoms with Gasteiger partial charge < -0.3 is 15.7 Å². The van der Waals surface area contributed by atoms with E-state index >= 15 is 0 Å². The number of hydrogen-bond acceptors (Lipinski definition) is 2. The number of carbonyl (C=O) groups excluding carboxylic acids is 1. The van der Waals surface area contributed by atoms with Crippen LogP contribution in [0.3, 0.4) is 0 Å². The van der Waals surface area contributed by atoms with Crippen molar-refractivity contribution in [2.75, 3.05) is 13.1 Å². The van der Waals surface area contributed by atoms with Crippen LogP contribution in [0.5, 0.6) is 0 Å². The molecule has 2 aliphatic carbocycles. The van der Waals surface area contributed by atoms with Crippen LogP contribution in [0.4, 0.5) is 9.18 Å². The van der Waals surface area contributed by atoms with E-state index < -0.39 is 0 Å². The molecular weight excluding hydrogens is 283 g/mol. The van der Waals surface area contributed by atoms with Gasteiger partial charge >= 0.3 is 6.03 Å². The molecule has 0 radical (unpaired) electrons. The third-order valence-electron chi connectivity index (χ3n) is 4.95. The third-order valence-corrected chi connectivity index (χ3v) is 4.95. The summed E-state index contributed by atoms with van der Waals surface area (Å²) in [5.74, 6) is 0.171. The topological polar surface area (TPSA) is 61.4 Å². The molecule has 22 heavy (non-hydrogen) atoms. The van der Waals surface area contributed by atoms with Crippen molar-refractivity contribution in [1.82, 2.24) is 10.6 Å². The first kappa shape index (κ1) is 15.3. The lowest BCUT2D eigenvalue weighted by Gasteiger charge is -2.18. The van der Waals surface area contributed by atoms with Gasteiger partial charge in [0.2, 0.25) is 0 Å². The van der Waals surface area contributed by atoms with Crippen molar-refractivity contribution in [1.29, 1.82) is 0 Å². The van der Waals surface area contributed by atoms with E-state index in [1.165, 1.54) is 6.07 Å². The molecule has 0 saturated heterocycles. The van der Waals surface area contributed by atoms with Crippen LogP contribution in [0, 0.1) is 11.7 Å². The maximum Gasteiger partial charge on any atom is 0.314 e. The van der Waals surface area contributed by atoms with Crippen molar-refractivity contribution >= 4 is 6.03 Å². The minimum Gasteiger partial charge on any atom is -0.393 e. The molecule has 2 saturated carbocycles. The maximum atomic E-state index is 13.9. The predicted octanol–water partition coefficient (Wildman–Crippen LogP) is 2.32.